The molecular formula is C14H22BrN5. The highest BCUT2D eigenvalue weighted by Gasteiger charge is 2.24. The van der Waals surface area contributed by atoms with E-state index in [9.17, 15) is 0 Å². The molecule has 1 N–H and O–H groups in total. The molecule has 20 heavy (non-hydrogen) atoms. The van der Waals surface area contributed by atoms with E-state index in [2.05, 4.69) is 58.3 Å². The summed E-state index contributed by atoms with van der Waals surface area (Å²) in [4.78, 5) is 4.51. The van der Waals surface area contributed by atoms with Gasteiger partial charge in [0.1, 0.15) is 0 Å². The van der Waals surface area contributed by atoms with Crippen molar-refractivity contribution in [3.05, 3.63) is 34.6 Å². The summed E-state index contributed by atoms with van der Waals surface area (Å²) < 4.78 is 5.04. The number of hydrogen-bond acceptors (Lipinski definition) is 3. The van der Waals surface area contributed by atoms with Crippen molar-refractivity contribution in [3.63, 3.8) is 0 Å². The van der Waals surface area contributed by atoms with Gasteiger partial charge in [-0.25, -0.2) is 4.98 Å². The van der Waals surface area contributed by atoms with Crippen LogP contribution in [0.4, 0.5) is 0 Å². The lowest BCUT2D eigenvalue weighted by molar-refractivity contribution is 0.467. The Bertz CT molecular complexity index is 558. The van der Waals surface area contributed by atoms with E-state index in [-0.39, 0.29) is 6.04 Å². The van der Waals surface area contributed by atoms with Gasteiger partial charge in [-0.15, -0.1) is 0 Å². The van der Waals surface area contributed by atoms with Crippen LogP contribution in [0.1, 0.15) is 50.7 Å². The molecule has 0 radical (unpaired) electrons. The Kier molecular flexibility index (Phi) is 4.99. The van der Waals surface area contributed by atoms with E-state index in [1.165, 1.54) is 0 Å². The van der Waals surface area contributed by atoms with Crippen molar-refractivity contribution in [1.29, 1.82) is 0 Å². The van der Waals surface area contributed by atoms with Crippen molar-refractivity contribution in [1.82, 2.24) is 24.6 Å². The summed E-state index contributed by atoms with van der Waals surface area (Å²) in [6, 6.07) is 0.362. The molecule has 0 saturated heterocycles. The third kappa shape index (κ3) is 3.12. The summed E-state index contributed by atoms with van der Waals surface area (Å²) in [6.07, 6.45) is 6.83. The van der Waals surface area contributed by atoms with Crippen LogP contribution < -0.4 is 5.32 Å². The van der Waals surface area contributed by atoms with E-state index in [1.807, 2.05) is 28.8 Å². The number of nitrogens with one attached hydrogen (secondary N) is 1. The zero-order chi connectivity index (χ0) is 14.7. The number of halogens is 1. The van der Waals surface area contributed by atoms with Gasteiger partial charge in [-0.05, 0) is 42.7 Å². The molecule has 0 spiro atoms. The summed E-state index contributed by atoms with van der Waals surface area (Å²) in [5.41, 5.74) is 2.15. The molecule has 2 rings (SSSR count). The summed E-state index contributed by atoms with van der Waals surface area (Å²) in [5.74, 6) is 0. The number of aryl methyl sites for hydroxylation is 1. The zero-order valence-electron chi connectivity index (χ0n) is 12.5. The lowest BCUT2D eigenvalue weighted by Crippen LogP contribution is -2.27. The fourth-order valence-electron chi connectivity index (χ4n) is 2.24. The predicted octanol–water partition coefficient (Wildman–Crippen LogP) is 3.05. The van der Waals surface area contributed by atoms with Crippen LogP contribution in [0.25, 0.3) is 0 Å². The number of imidazole rings is 1. The maximum atomic E-state index is 4.51. The van der Waals surface area contributed by atoms with E-state index in [0.717, 1.165) is 28.8 Å². The van der Waals surface area contributed by atoms with Crippen molar-refractivity contribution in [2.45, 2.75) is 39.3 Å². The lowest BCUT2D eigenvalue weighted by Gasteiger charge is -2.20. The van der Waals surface area contributed by atoms with Crippen LogP contribution in [0.5, 0.6) is 0 Å². The molecule has 0 aliphatic rings. The second kappa shape index (κ2) is 6.54. The molecule has 5 nitrogen and oxygen atoms in total. The van der Waals surface area contributed by atoms with Crippen molar-refractivity contribution in [2.24, 2.45) is 7.05 Å². The van der Waals surface area contributed by atoms with Crippen molar-refractivity contribution < 1.29 is 0 Å². The smallest absolute Gasteiger partial charge is 0.0949 e. The van der Waals surface area contributed by atoms with Crippen molar-refractivity contribution >= 4 is 15.9 Å². The van der Waals surface area contributed by atoms with E-state index < -0.39 is 0 Å². The monoisotopic (exact) mass is 339 g/mol. The highest BCUT2D eigenvalue weighted by atomic mass is 79.9. The molecule has 6 heteroatoms. The molecule has 0 saturated carbocycles. The first-order valence-corrected chi connectivity index (χ1v) is 7.78. The van der Waals surface area contributed by atoms with Crippen LogP contribution in [0, 0.1) is 0 Å². The van der Waals surface area contributed by atoms with Crippen LogP contribution in [-0.2, 0) is 7.05 Å². The second-order valence-electron chi connectivity index (χ2n) is 5.27. The lowest BCUT2D eigenvalue weighted by atomic mass is 10.1. The van der Waals surface area contributed by atoms with E-state index in [4.69, 9.17) is 0 Å². The largest absolute Gasteiger partial charge is 0.340 e. The number of hydrogen-bond donors (Lipinski definition) is 1. The van der Waals surface area contributed by atoms with Crippen LogP contribution in [-0.4, -0.2) is 25.9 Å². The van der Waals surface area contributed by atoms with Gasteiger partial charge in [0.25, 0.3) is 0 Å². The molecule has 0 aliphatic carbocycles. The van der Waals surface area contributed by atoms with Crippen molar-refractivity contribution in [3.8, 4) is 0 Å². The first-order valence-electron chi connectivity index (χ1n) is 6.98. The second-order valence-corrected chi connectivity index (χ2v) is 6.12. The van der Waals surface area contributed by atoms with Gasteiger partial charge >= 0.3 is 0 Å². The summed E-state index contributed by atoms with van der Waals surface area (Å²) in [5, 5.41) is 8.04. The zero-order valence-corrected chi connectivity index (χ0v) is 14.1. The van der Waals surface area contributed by atoms with Crippen molar-refractivity contribution in [2.75, 3.05) is 6.54 Å². The minimum absolute atomic E-state index is 0.0513. The Hall–Kier alpha value is -1.14. The number of rotatable bonds is 6. The Labute approximate surface area is 128 Å². The fraction of sp³-hybridized carbons (Fsp3) is 0.571. The maximum Gasteiger partial charge on any atom is 0.0949 e. The minimum atomic E-state index is 0.0513. The Morgan fingerprint density at radius 3 is 2.70 bits per heavy atom. The normalized spacial score (nSPS) is 13.1. The topological polar surface area (TPSA) is 47.7 Å². The number of aromatic nitrogens is 4. The average Bonchev–Trinajstić information content (AvgIpc) is 2.98. The first kappa shape index (κ1) is 15.3. The highest BCUT2D eigenvalue weighted by molar-refractivity contribution is 9.10. The molecule has 2 aromatic heterocycles. The van der Waals surface area contributed by atoms with E-state index in [0.29, 0.717) is 6.04 Å². The Morgan fingerprint density at radius 1 is 1.40 bits per heavy atom. The van der Waals surface area contributed by atoms with Gasteiger partial charge < -0.3 is 9.88 Å². The molecule has 0 fully saturated rings. The molecule has 0 aliphatic heterocycles. The molecule has 1 atom stereocenters. The highest BCUT2D eigenvalue weighted by Crippen LogP contribution is 2.29. The third-order valence-corrected chi connectivity index (χ3v) is 3.78. The van der Waals surface area contributed by atoms with Gasteiger partial charge in [0.2, 0.25) is 0 Å². The molecule has 1 unspecified atom stereocenters. The van der Waals surface area contributed by atoms with E-state index >= 15 is 0 Å². The van der Waals surface area contributed by atoms with Gasteiger partial charge in [0.15, 0.2) is 0 Å². The van der Waals surface area contributed by atoms with Gasteiger partial charge in [0.05, 0.1) is 34.4 Å². The van der Waals surface area contributed by atoms with Crippen LogP contribution in [0.15, 0.2) is 23.2 Å². The van der Waals surface area contributed by atoms with E-state index in [1.54, 1.807) is 0 Å². The Balaban J connectivity index is 2.43. The third-order valence-electron chi connectivity index (χ3n) is 3.17. The Morgan fingerprint density at radius 2 is 2.15 bits per heavy atom. The SMILES string of the molecule is CCCNC(c1cn(C)cn1)c1c(Br)cnn1C(C)C. The molecule has 0 aromatic carbocycles. The molecule has 0 bridgehead atoms. The fourth-order valence-corrected chi connectivity index (χ4v) is 2.75. The number of nitrogens with zero attached hydrogens (tertiary/aromatic N) is 4. The summed E-state index contributed by atoms with van der Waals surface area (Å²) in [6.45, 7) is 7.38. The average molecular weight is 340 g/mol. The van der Waals surface area contributed by atoms with Gasteiger partial charge in [-0.1, -0.05) is 6.92 Å². The van der Waals surface area contributed by atoms with Crippen LogP contribution in [0.3, 0.4) is 0 Å². The summed E-state index contributed by atoms with van der Waals surface area (Å²) >= 11 is 3.62. The minimum Gasteiger partial charge on any atom is -0.340 e. The first-order chi connectivity index (χ1) is 9.54. The van der Waals surface area contributed by atoms with Gasteiger partial charge in [-0.2, -0.15) is 5.10 Å². The molecule has 2 heterocycles. The van der Waals surface area contributed by atoms with Crippen LogP contribution in [0.2, 0.25) is 0 Å². The van der Waals surface area contributed by atoms with Crippen LogP contribution >= 0.6 is 15.9 Å². The summed E-state index contributed by atoms with van der Waals surface area (Å²) in [7, 11) is 1.99. The molecule has 110 valence electrons. The maximum absolute atomic E-state index is 4.51. The van der Waals surface area contributed by atoms with Gasteiger partial charge in [-0.3, -0.25) is 4.68 Å². The molecule has 0 amide bonds. The molecule has 2 aromatic rings. The van der Waals surface area contributed by atoms with Gasteiger partial charge in [0, 0.05) is 19.3 Å². The standard InChI is InChI=1S/C14H22BrN5/c1-5-6-16-13(12-8-19(4)9-17-12)14-11(15)7-18-20(14)10(2)3/h7-10,13,16H,5-6H2,1-4H3. The molecular weight excluding hydrogens is 318 g/mol. The quantitative estimate of drug-likeness (QED) is 0.879. The predicted molar refractivity (Wildman–Crippen MR) is 83.7 cm³/mol.